The molecule has 88 valence electrons. The van der Waals surface area contributed by atoms with Gasteiger partial charge in [0.25, 0.3) is 5.69 Å². The summed E-state index contributed by atoms with van der Waals surface area (Å²) in [7, 11) is 0. The van der Waals surface area contributed by atoms with Crippen molar-refractivity contribution in [3.63, 3.8) is 0 Å². The van der Waals surface area contributed by atoms with Gasteiger partial charge in [0, 0.05) is 23.6 Å². The van der Waals surface area contributed by atoms with Crippen LogP contribution in [0.25, 0.3) is 0 Å². The number of rotatable bonds is 6. The van der Waals surface area contributed by atoms with Crippen molar-refractivity contribution in [1.29, 1.82) is 0 Å². The topological polar surface area (TPSA) is 67.2 Å². The van der Waals surface area contributed by atoms with Gasteiger partial charge < -0.3 is 10.6 Å². The Bertz CT molecular complexity index is 371. The highest BCUT2D eigenvalue weighted by Crippen LogP contribution is 2.27. The number of nitrogens with zero attached hydrogens (tertiary/aromatic N) is 1. The van der Waals surface area contributed by atoms with Crippen LogP contribution in [0.1, 0.15) is 6.92 Å². The van der Waals surface area contributed by atoms with E-state index < -0.39 is 0 Å². The van der Waals surface area contributed by atoms with Crippen LogP contribution in [-0.2, 0) is 0 Å². The van der Waals surface area contributed by atoms with Crippen LogP contribution in [0.2, 0.25) is 0 Å². The normalized spacial score (nSPS) is 10.1. The Morgan fingerprint density at radius 2 is 2.19 bits per heavy atom. The molecule has 0 atom stereocenters. The van der Waals surface area contributed by atoms with Gasteiger partial charge in [0.2, 0.25) is 0 Å². The van der Waals surface area contributed by atoms with Gasteiger partial charge in [-0.05, 0) is 18.7 Å². The minimum absolute atomic E-state index is 0.0969. The van der Waals surface area contributed by atoms with E-state index in [1.807, 2.05) is 6.92 Å². The zero-order valence-corrected chi connectivity index (χ0v) is 10.6. The maximum atomic E-state index is 10.8. The second kappa shape index (κ2) is 6.44. The number of nitro benzene ring substituents is 1. The second-order valence-electron chi connectivity index (χ2n) is 3.20. The van der Waals surface area contributed by atoms with Gasteiger partial charge in [-0.1, -0.05) is 22.9 Å². The van der Waals surface area contributed by atoms with Gasteiger partial charge in [0.05, 0.1) is 4.92 Å². The predicted molar refractivity (Wildman–Crippen MR) is 67.8 cm³/mol. The summed E-state index contributed by atoms with van der Waals surface area (Å²) >= 11 is 3.29. The zero-order chi connectivity index (χ0) is 12.0. The molecule has 5 nitrogen and oxygen atoms in total. The molecule has 16 heavy (non-hydrogen) atoms. The molecule has 1 aromatic carbocycles. The number of anilines is 1. The van der Waals surface area contributed by atoms with E-state index in [-0.39, 0.29) is 10.6 Å². The summed E-state index contributed by atoms with van der Waals surface area (Å²) < 4.78 is 0.823. The number of halogens is 1. The lowest BCUT2D eigenvalue weighted by atomic mass is 10.2. The summed E-state index contributed by atoms with van der Waals surface area (Å²) in [5.41, 5.74) is 0.636. The van der Waals surface area contributed by atoms with E-state index in [9.17, 15) is 10.1 Å². The Labute approximate surface area is 103 Å². The fraction of sp³-hybridized carbons (Fsp3) is 0.400. The SMILES string of the molecule is CCNCCNc1cc(Br)ccc1[N+](=O)[O-]. The third-order valence-corrected chi connectivity index (χ3v) is 2.52. The van der Waals surface area contributed by atoms with Crippen molar-refractivity contribution in [2.75, 3.05) is 25.0 Å². The summed E-state index contributed by atoms with van der Waals surface area (Å²) in [5.74, 6) is 0. The average molecular weight is 288 g/mol. The van der Waals surface area contributed by atoms with Crippen molar-refractivity contribution in [2.24, 2.45) is 0 Å². The highest BCUT2D eigenvalue weighted by Gasteiger charge is 2.12. The molecular weight excluding hydrogens is 274 g/mol. The highest BCUT2D eigenvalue weighted by atomic mass is 79.9. The van der Waals surface area contributed by atoms with E-state index in [0.29, 0.717) is 12.2 Å². The molecule has 0 spiro atoms. The quantitative estimate of drug-likeness (QED) is 0.479. The van der Waals surface area contributed by atoms with Crippen molar-refractivity contribution in [1.82, 2.24) is 5.32 Å². The molecule has 1 rings (SSSR count). The molecule has 0 unspecified atom stereocenters. The van der Waals surface area contributed by atoms with Crippen LogP contribution >= 0.6 is 15.9 Å². The van der Waals surface area contributed by atoms with E-state index >= 15 is 0 Å². The molecule has 0 saturated carbocycles. The largest absolute Gasteiger partial charge is 0.378 e. The Morgan fingerprint density at radius 1 is 1.44 bits per heavy atom. The van der Waals surface area contributed by atoms with Gasteiger partial charge in [0.15, 0.2) is 0 Å². The molecule has 0 radical (unpaired) electrons. The molecule has 0 heterocycles. The van der Waals surface area contributed by atoms with E-state index in [4.69, 9.17) is 0 Å². The van der Waals surface area contributed by atoms with Crippen LogP contribution in [0.15, 0.2) is 22.7 Å². The van der Waals surface area contributed by atoms with Crippen LogP contribution in [-0.4, -0.2) is 24.6 Å². The number of nitrogens with one attached hydrogen (secondary N) is 2. The van der Waals surface area contributed by atoms with Crippen molar-refractivity contribution in [3.05, 3.63) is 32.8 Å². The maximum absolute atomic E-state index is 10.8. The standard InChI is InChI=1S/C10H14BrN3O2/c1-2-12-5-6-13-9-7-8(11)3-4-10(9)14(15)16/h3-4,7,12-13H,2,5-6H2,1H3. The van der Waals surface area contributed by atoms with E-state index in [2.05, 4.69) is 26.6 Å². The minimum Gasteiger partial charge on any atom is -0.378 e. The Kier molecular flexibility index (Phi) is 5.21. The van der Waals surface area contributed by atoms with Gasteiger partial charge in [0.1, 0.15) is 5.69 Å². The number of likely N-dealkylation sites (N-methyl/N-ethyl adjacent to an activating group) is 1. The molecule has 0 bridgehead atoms. The van der Waals surface area contributed by atoms with Crippen molar-refractivity contribution in [2.45, 2.75) is 6.92 Å². The first kappa shape index (κ1) is 12.9. The summed E-state index contributed by atoms with van der Waals surface area (Å²) in [4.78, 5) is 10.4. The lowest BCUT2D eigenvalue weighted by Crippen LogP contribution is -2.21. The molecule has 0 aromatic heterocycles. The van der Waals surface area contributed by atoms with Gasteiger partial charge in [-0.2, -0.15) is 0 Å². The number of hydrogen-bond donors (Lipinski definition) is 2. The molecule has 0 saturated heterocycles. The first-order valence-electron chi connectivity index (χ1n) is 5.03. The molecule has 0 fully saturated rings. The fourth-order valence-electron chi connectivity index (χ4n) is 1.27. The van der Waals surface area contributed by atoms with Crippen LogP contribution in [0.4, 0.5) is 11.4 Å². The molecule has 2 N–H and O–H groups in total. The predicted octanol–water partition coefficient (Wildman–Crippen LogP) is 2.38. The molecule has 0 amide bonds. The summed E-state index contributed by atoms with van der Waals surface area (Å²) in [6, 6.07) is 4.86. The highest BCUT2D eigenvalue weighted by molar-refractivity contribution is 9.10. The first-order valence-corrected chi connectivity index (χ1v) is 5.83. The number of nitro groups is 1. The Morgan fingerprint density at radius 3 is 2.81 bits per heavy atom. The van der Waals surface area contributed by atoms with Crippen molar-refractivity contribution in [3.8, 4) is 0 Å². The van der Waals surface area contributed by atoms with Gasteiger partial charge in [-0.3, -0.25) is 10.1 Å². The maximum Gasteiger partial charge on any atom is 0.292 e. The molecule has 0 aliphatic rings. The molecule has 0 aliphatic heterocycles. The van der Waals surface area contributed by atoms with Crippen LogP contribution < -0.4 is 10.6 Å². The van der Waals surface area contributed by atoms with Crippen LogP contribution in [0, 0.1) is 10.1 Å². The monoisotopic (exact) mass is 287 g/mol. The average Bonchev–Trinajstić information content (AvgIpc) is 2.24. The Balaban J connectivity index is 2.68. The molecular formula is C10H14BrN3O2. The fourth-order valence-corrected chi connectivity index (χ4v) is 1.63. The first-order chi connectivity index (χ1) is 7.65. The van der Waals surface area contributed by atoms with Gasteiger partial charge in [-0.25, -0.2) is 0 Å². The summed E-state index contributed by atoms with van der Waals surface area (Å²) in [6.45, 7) is 4.34. The summed E-state index contributed by atoms with van der Waals surface area (Å²) in [5, 5.41) is 16.9. The Hall–Kier alpha value is -1.14. The number of benzene rings is 1. The third-order valence-electron chi connectivity index (χ3n) is 2.02. The molecule has 1 aromatic rings. The van der Waals surface area contributed by atoms with Crippen LogP contribution in [0.5, 0.6) is 0 Å². The second-order valence-corrected chi connectivity index (χ2v) is 4.11. The zero-order valence-electron chi connectivity index (χ0n) is 9.00. The van der Waals surface area contributed by atoms with Crippen molar-refractivity contribution < 1.29 is 4.92 Å². The smallest absolute Gasteiger partial charge is 0.292 e. The van der Waals surface area contributed by atoms with Gasteiger partial charge in [-0.15, -0.1) is 0 Å². The van der Waals surface area contributed by atoms with E-state index in [1.54, 1.807) is 12.1 Å². The van der Waals surface area contributed by atoms with Crippen molar-refractivity contribution >= 4 is 27.3 Å². The molecule has 0 aliphatic carbocycles. The lowest BCUT2D eigenvalue weighted by Gasteiger charge is -2.07. The van der Waals surface area contributed by atoms with Gasteiger partial charge >= 0.3 is 0 Å². The van der Waals surface area contributed by atoms with E-state index in [1.165, 1.54) is 6.07 Å². The van der Waals surface area contributed by atoms with E-state index in [0.717, 1.165) is 17.6 Å². The lowest BCUT2D eigenvalue weighted by molar-refractivity contribution is -0.384. The summed E-state index contributed by atoms with van der Waals surface area (Å²) in [6.07, 6.45) is 0. The van der Waals surface area contributed by atoms with Crippen LogP contribution in [0.3, 0.4) is 0 Å². The molecule has 6 heteroatoms. The number of hydrogen-bond acceptors (Lipinski definition) is 4. The minimum atomic E-state index is -0.387. The third kappa shape index (κ3) is 3.79.